The number of hydrogen-bond acceptors (Lipinski definition) is 3. The van der Waals surface area contributed by atoms with Crippen LogP contribution in [0.5, 0.6) is 0 Å². The van der Waals surface area contributed by atoms with Crippen LogP contribution >= 0.6 is 0 Å². The van der Waals surface area contributed by atoms with Crippen molar-refractivity contribution in [2.75, 3.05) is 19.8 Å². The van der Waals surface area contributed by atoms with Crippen molar-refractivity contribution in [1.29, 1.82) is 0 Å². The first-order valence-corrected chi connectivity index (χ1v) is 4.99. The molecule has 1 rings (SSSR count). The molecule has 7 heteroatoms. The molecular weight excluding hydrogens is 227 g/mol. The third-order valence-electron chi connectivity index (χ3n) is 2.59. The normalized spacial score (nSPS) is 19.2. The van der Waals surface area contributed by atoms with Gasteiger partial charge in [0.25, 0.3) is 0 Å². The quantitative estimate of drug-likeness (QED) is 0.685. The van der Waals surface area contributed by atoms with Crippen LogP contribution in [0.4, 0.5) is 13.2 Å². The molecule has 94 valence electrons. The van der Waals surface area contributed by atoms with Crippen molar-refractivity contribution < 1.29 is 27.8 Å². The molecule has 4 nitrogen and oxygen atoms in total. The van der Waals surface area contributed by atoms with Gasteiger partial charge in [-0.1, -0.05) is 0 Å². The van der Waals surface area contributed by atoms with Gasteiger partial charge in [0, 0.05) is 6.54 Å². The van der Waals surface area contributed by atoms with Gasteiger partial charge < -0.3 is 9.84 Å². The lowest BCUT2D eigenvalue weighted by atomic mass is 9.77. The lowest BCUT2D eigenvalue weighted by Gasteiger charge is -2.38. The molecule has 0 amide bonds. The van der Waals surface area contributed by atoms with Crippen molar-refractivity contribution in [2.24, 2.45) is 0 Å². The van der Waals surface area contributed by atoms with Gasteiger partial charge in [-0.3, -0.25) is 10.1 Å². The molecule has 1 aliphatic rings. The molecule has 2 N–H and O–H groups in total. The molecule has 0 bridgehead atoms. The summed E-state index contributed by atoms with van der Waals surface area (Å²) < 4.78 is 39.4. The minimum atomic E-state index is -4.33. The Kier molecular flexibility index (Phi) is 4.15. The highest BCUT2D eigenvalue weighted by atomic mass is 19.4. The molecule has 0 saturated heterocycles. The average molecular weight is 241 g/mol. The van der Waals surface area contributed by atoms with Crippen molar-refractivity contribution >= 4 is 5.97 Å². The SMILES string of the molecule is O=C(O)C1(NCCOCC(F)(F)F)CCC1. The van der Waals surface area contributed by atoms with Gasteiger partial charge in [0.15, 0.2) is 0 Å². The highest BCUT2D eigenvalue weighted by Gasteiger charge is 2.43. The number of nitrogens with one attached hydrogen (secondary N) is 1. The van der Waals surface area contributed by atoms with Crippen LogP contribution < -0.4 is 5.32 Å². The highest BCUT2D eigenvalue weighted by Crippen LogP contribution is 2.31. The Labute approximate surface area is 90.8 Å². The number of ether oxygens (including phenoxy) is 1. The Morgan fingerprint density at radius 1 is 1.44 bits per heavy atom. The van der Waals surface area contributed by atoms with E-state index >= 15 is 0 Å². The van der Waals surface area contributed by atoms with Gasteiger partial charge in [0.1, 0.15) is 12.1 Å². The average Bonchev–Trinajstić information content (AvgIpc) is 2.05. The largest absolute Gasteiger partial charge is 0.480 e. The van der Waals surface area contributed by atoms with Gasteiger partial charge in [-0.2, -0.15) is 13.2 Å². The molecule has 0 atom stereocenters. The molecule has 0 spiro atoms. The zero-order chi connectivity index (χ0) is 12.2. The summed E-state index contributed by atoms with van der Waals surface area (Å²) in [6.45, 7) is -1.33. The summed E-state index contributed by atoms with van der Waals surface area (Å²) in [4.78, 5) is 10.8. The van der Waals surface area contributed by atoms with Crippen molar-refractivity contribution in [3.8, 4) is 0 Å². The van der Waals surface area contributed by atoms with E-state index in [0.29, 0.717) is 12.8 Å². The number of aliphatic carboxylic acids is 1. The monoisotopic (exact) mass is 241 g/mol. The number of alkyl halides is 3. The number of rotatable bonds is 6. The Hall–Kier alpha value is -0.820. The van der Waals surface area contributed by atoms with Crippen molar-refractivity contribution in [3.05, 3.63) is 0 Å². The number of carboxylic acids is 1. The number of carbonyl (C=O) groups is 1. The minimum Gasteiger partial charge on any atom is -0.480 e. The Morgan fingerprint density at radius 2 is 2.06 bits per heavy atom. The summed E-state index contributed by atoms with van der Waals surface area (Å²) in [6, 6.07) is 0. The molecule has 0 heterocycles. The number of hydrogen-bond donors (Lipinski definition) is 2. The maximum absolute atomic E-state index is 11.7. The first kappa shape index (κ1) is 13.2. The fraction of sp³-hybridized carbons (Fsp3) is 0.889. The maximum atomic E-state index is 11.7. The molecule has 16 heavy (non-hydrogen) atoms. The van der Waals surface area contributed by atoms with E-state index in [1.165, 1.54) is 0 Å². The van der Waals surface area contributed by atoms with E-state index in [0.717, 1.165) is 6.42 Å². The van der Waals surface area contributed by atoms with E-state index in [9.17, 15) is 18.0 Å². The minimum absolute atomic E-state index is 0.113. The van der Waals surface area contributed by atoms with Crippen molar-refractivity contribution in [1.82, 2.24) is 5.32 Å². The van der Waals surface area contributed by atoms with E-state index in [2.05, 4.69) is 10.1 Å². The fourth-order valence-electron chi connectivity index (χ4n) is 1.55. The van der Waals surface area contributed by atoms with Crippen LogP contribution in [-0.2, 0) is 9.53 Å². The third kappa shape index (κ3) is 3.64. The van der Waals surface area contributed by atoms with E-state index in [-0.39, 0.29) is 13.2 Å². The second-order valence-electron chi connectivity index (χ2n) is 3.84. The molecule has 0 aromatic carbocycles. The molecule has 0 radical (unpaired) electrons. The topological polar surface area (TPSA) is 58.6 Å². The van der Waals surface area contributed by atoms with Crippen LogP contribution in [0.2, 0.25) is 0 Å². The predicted molar refractivity (Wildman–Crippen MR) is 49.1 cm³/mol. The summed E-state index contributed by atoms with van der Waals surface area (Å²) in [6.07, 6.45) is -2.48. The Morgan fingerprint density at radius 3 is 2.44 bits per heavy atom. The van der Waals surface area contributed by atoms with Crippen LogP contribution in [0, 0.1) is 0 Å². The Balaban J connectivity index is 2.13. The van der Waals surface area contributed by atoms with Crippen LogP contribution in [0.3, 0.4) is 0 Å². The smallest absolute Gasteiger partial charge is 0.411 e. The van der Waals surface area contributed by atoms with Crippen molar-refractivity contribution in [3.63, 3.8) is 0 Å². The summed E-state index contributed by atoms with van der Waals surface area (Å²) in [7, 11) is 0. The van der Waals surface area contributed by atoms with Gasteiger partial charge in [0.05, 0.1) is 6.61 Å². The third-order valence-corrected chi connectivity index (χ3v) is 2.59. The van der Waals surface area contributed by atoms with Crippen molar-refractivity contribution in [2.45, 2.75) is 31.0 Å². The van der Waals surface area contributed by atoms with Crippen LogP contribution in [0.25, 0.3) is 0 Å². The second kappa shape index (κ2) is 5.01. The molecule has 0 aliphatic heterocycles. The summed E-state index contributed by atoms with van der Waals surface area (Å²) >= 11 is 0. The summed E-state index contributed by atoms with van der Waals surface area (Å²) in [5.74, 6) is -0.949. The summed E-state index contributed by atoms with van der Waals surface area (Å²) in [5.41, 5.74) is -0.943. The van der Waals surface area contributed by atoms with Gasteiger partial charge in [-0.05, 0) is 19.3 Å². The first-order valence-electron chi connectivity index (χ1n) is 4.99. The lowest BCUT2D eigenvalue weighted by molar-refractivity contribution is -0.174. The molecule has 1 aliphatic carbocycles. The van der Waals surface area contributed by atoms with Gasteiger partial charge in [-0.15, -0.1) is 0 Å². The molecule has 0 aromatic rings. The van der Waals surface area contributed by atoms with Crippen LogP contribution in [0.1, 0.15) is 19.3 Å². The lowest BCUT2D eigenvalue weighted by Crippen LogP contribution is -2.57. The van der Waals surface area contributed by atoms with E-state index in [1.54, 1.807) is 0 Å². The Bertz CT molecular complexity index is 251. The predicted octanol–water partition coefficient (Wildman–Crippen LogP) is 1.16. The highest BCUT2D eigenvalue weighted by molar-refractivity contribution is 5.79. The van der Waals surface area contributed by atoms with Gasteiger partial charge in [0.2, 0.25) is 0 Å². The van der Waals surface area contributed by atoms with Crippen LogP contribution in [0.15, 0.2) is 0 Å². The second-order valence-corrected chi connectivity index (χ2v) is 3.84. The van der Waals surface area contributed by atoms with E-state index < -0.39 is 24.3 Å². The number of carboxylic acid groups (broad SMARTS) is 1. The van der Waals surface area contributed by atoms with Crippen LogP contribution in [-0.4, -0.2) is 42.5 Å². The zero-order valence-electron chi connectivity index (χ0n) is 8.64. The first-order chi connectivity index (χ1) is 7.36. The molecular formula is C9H14F3NO3. The summed E-state index contributed by atoms with van der Waals surface area (Å²) in [5, 5.41) is 11.6. The van der Waals surface area contributed by atoms with Gasteiger partial charge in [-0.25, -0.2) is 0 Å². The molecule has 1 saturated carbocycles. The van der Waals surface area contributed by atoms with Gasteiger partial charge >= 0.3 is 12.1 Å². The van der Waals surface area contributed by atoms with E-state index in [1.807, 2.05) is 0 Å². The molecule has 0 aromatic heterocycles. The fourth-order valence-corrected chi connectivity index (χ4v) is 1.55. The molecule has 0 unspecified atom stereocenters. The zero-order valence-corrected chi connectivity index (χ0v) is 8.64. The maximum Gasteiger partial charge on any atom is 0.411 e. The standard InChI is InChI=1S/C9H14F3NO3/c10-9(11,12)6-16-5-4-13-8(7(14)15)2-1-3-8/h13H,1-6H2,(H,14,15). The number of halogens is 3. The molecule has 1 fully saturated rings. The van der Waals surface area contributed by atoms with E-state index in [4.69, 9.17) is 5.11 Å².